The van der Waals surface area contributed by atoms with Crippen LogP contribution in [0.5, 0.6) is 0 Å². The van der Waals surface area contributed by atoms with Crippen LogP contribution in [-0.4, -0.2) is 42.0 Å². The van der Waals surface area contributed by atoms with Crippen molar-refractivity contribution >= 4 is 21.4 Å². The van der Waals surface area contributed by atoms with Crippen molar-refractivity contribution < 1.29 is 13.5 Å². The van der Waals surface area contributed by atoms with Crippen LogP contribution in [0.4, 0.5) is 0 Å². The van der Waals surface area contributed by atoms with E-state index < -0.39 is 10.0 Å². The fraction of sp³-hybridized carbons (Fsp3) is 0.727. The lowest BCUT2D eigenvalue weighted by atomic mass is 9.93. The van der Waals surface area contributed by atoms with Gasteiger partial charge in [-0.2, -0.15) is 4.31 Å². The molecular weight excluding hydrogens is 272 g/mol. The Morgan fingerprint density at radius 2 is 2.28 bits per heavy atom. The van der Waals surface area contributed by atoms with Gasteiger partial charge in [0.2, 0.25) is 0 Å². The van der Waals surface area contributed by atoms with E-state index in [-0.39, 0.29) is 12.6 Å². The van der Waals surface area contributed by atoms with Gasteiger partial charge >= 0.3 is 0 Å². The summed E-state index contributed by atoms with van der Waals surface area (Å²) in [6, 6.07) is 0.101. The van der Waals surface area contributed by atoms with E-state index in [2.05, 4.69) is 4.98 Å². The number of aliphatic hydroxyl groups is 1. The van der Waals surface area contributed by atoms with E-state index in [1.165, 1.54) is 17.5 Å². The molecular formula is C11H18N2O3S2. The standard InChI is InChI=1S/C11H18N2O3S2/c1-9-12-8-11(17-9)18(15,16)13(6-3-7-14)10-4-2-5-10/h8,10,14H,2-7H2,1H3. The maximum absolute atomic E-state index is 12.5. The van der Waals surface area contributed by atoms with E-state index >= 15 is 0 Å². The summed E-state index contributed by atoms with van der Waals surface area (Å²) in [5.41, 5.74) is 0. The first kappa shape index (κ1) is 13.9. The van der Waals surface area contributed by atoms with Crippen LogP contribution >= 0.6 is 11.3 Å². The van der Waals surface area contributed by atoms with Gasteiger partial charge < -0.3 is 5.11 Å². The third kappa shape index (κ3) is 2.74. The highest BCUT2D eigenvalue weighted by atomic mass is 32.2. The van der Waals surface area contributed by atoms with Gasteiger partial charge in [0.1, 0.15) is 0 Å². The largest absolute Gasteiger partial charge is 0.396 e. The Hall–Kier alpha value is -0.500. The van der Waals surface area contributed by atoms with Gasteiger partial charge in [0.15, 0.2) is 4.21 Å². The normalized spacial score (nSPS) is 17.1. The molecule has 0 aliphatic heterocycles. The first-order valence-electron chi connectivity index (χ1n) is 6.11. The molecule has 18 heavy (non-hydrogen) atoms. The third-order valence-electron chi connectivity index (χ3n) is 3.18. The molecule has 0 aromatic carbocycles. The maximum Gasteiger partial charge on any atom is 0.254 e. The van der Waals surface area contributed by atoms with Crippen LogP contribution in [0, 0.1) is 6.92 Å². The van der Waals surface area contributed by atoms with Crippen LogP contribution in [0.25, 0.3) is 0 Å². The molecule has 0 atom stereocenters. The van der Waals surface area contributed by atoms with Crippen molar-refractivity contribution in [2.45, 2.75) is 42.9 Å². The van der Waals surface area contributed by atoms with E-state index in [1.54, 1.807) is 11.2 Å². The van der Waals surface area contributed by atoms with Crippen molar-refractivity contribution in [1.29, 1.82) is 0 Å². The summed E-state index contributed by atoms with van der Waals surface area (Å²) in [5.74, 6) is 0. The van der Waals surface area contributed by atoms with Gasteiger partial charge in [0.25, 0.3) is 10.0 Å². The SMILES string of the molecule is Cc1ncc(S(=O)(=O)N(CCCO)C2CCC2)s1. The van der Waals surface area contributed by atoms with Gasteiger partial charge in [-0.25, -0.2) is 13.4 Å². The number of thiazole rings is 1. The monoisotopic (exact) mass is 290 g/mol. The Morgan fingerprint density at radius 3 is 2.72 bits per heavy atom. The highest BCUT2D eigenvalue weighted by molar-refractivity contribution is 7.91. The molecule has 0 radical (unpaired) electrons. The molecule has 1 heterocycles. The molecule has 1 saturated carbocycles. The average molecular weight is 290 g/mol. The Morgan fingerprint density at radius 1 is 1.56 bits per heavy atom. The lowest BCUT2D eigenvalue weighted by Gasteiger charge is -2.36. The second kappa shape index (κ2) is 5.64. The van der Waals surface area contributed by atoms with Gasteiger partial charge in [0.05, 0.1) is 11.2 Å². The lowest BCUT2D eigenvalue weighted by molar-refractivity contribution is 0.199. The van der Waals surface area contributed by atoms with Gasteiger partial charge in [-0.05, 0) is 26.2 Å². The highest BCUT2D eigenvalue weighted by Gasteiger charge is 2.35. The minimum atomic E-state index is -3.43. The summed E-state index contributed by atoms with van der Waals surface area (Å²) in [7, 11) is -3.43. The Labute approximate surface area is 112 Å². The molecule has 0 spiro atoms. The number of nitrogens with zero attached hydrogens (tertiary/aromatic N) is 2. The minimum Gasteiger partial charge on any atom is -0.396 e. The predicted molar refractivity (Wildman–Crippen MR) is 70.1 cm³/mol. The molecule has 7 heteroatoms. The zero-order chi connectivity index (χ0) is 13.2. The fourth-order valence-corrected chi connectivity index (χ4v) is 4.94. The fourth-order valence-electron chi connectivity index (χ4n) is 1.98. The molecule has 1 aliphatic carbocycles. The van der Waals surface area contributed by atoms with E-state index in [0.717, 1.165) is 24.3 Å². The predicted octanol–water partition coefficient (Wildman–Crippen LogP) is 1.38. The van der Waals surface area contributed by atoms with Crippen LogP contribution in [-0.2, 0) is 10.0 Å². The number of rotatable bonds is 6. The third-order valence-corrected chi connectivity index (χ3v) is 6.48. The van der Waals surface area contributed by atoms with Crippen molar-refractivity contribution in [2.75, 3.05) is 13.2 Å². The summed E-state index contributed by atoms with van der Waals surface area (Å²) in [6.07, 6.45) is 4.83. The smallest absolute Gasteiger partial charge is 0.254 e. The summed E-state index contributed by atoms with van der Waals surface area (Å²) >= 11 is 1.21. The van der Waals surface area contributed by atoms with Gasteiger partial charge in [-0.15, -0.1) is 11.3 Å². The zero-order valence-corrected chi connectivity index (χ0v) is 12.0. The molecule has 0 unspecified atom stereocenters. The first-order valence-corrected chi connectivity index (χ1v) is 8.36. The average Bonchev–Trinajstić information content (AvgIpc) is 2.68. The van der Waals surface area contributed by atoms with Crippen LogP contribution in [0.3, 0.4) is 0 Å². The zero-order valence-electron chi connectivity index (χ0n) is 10.4. The molecule has 1 aromatic rings. The summed E-state index contributed by atoms with van der Waals surface area (Å²) in [6.45, 7) is 2.20. The van der Waals surface area contributed by atoms with E-state index in [0.29, 0.717) is 17.2 Å². The molecule has 0 bridgehead atoms. The van der Waals surface area contributed by atoms with Gasteiger partial charge in [0, 0.05) is 19.2 Å². The molecule has 1 fully saturated rings. The summed E-state index contributed by atoms with van der Waals surface area (Å²) < 4.78 is 26.9. The second-order valence-electron chi connectivity index (χ2n) is 4.48. The van der Waals surface area contributed by atoms with Crippen LogP contribution in [0.15, 0.2) is 10.4 Å². The van der Waals surface area contributed by atoms with Crippen LogP contribution in [0.2, 0.25) is 0 Å². The van der Waals surface area contributed by atoms with Crippen molar-refractivity contribution in [2.24, 2.45) is 0 Å². The highest BCUT2D eigenvalue weighted by Crippen LogP contribution is 2.31. The number of aliphatic hydroxyl groups excluding tert-OH is 1. The Balaban J connectivity index is 2.22. The van der Waals surface area contributed by atoms with Crippen molar-refractivity contribution in [3.05, 3.63) is 11.2 Å². The van der Waals surface area contributed by atoms with Crippen LogP contribution in [0.1, 0.15) is 30.7 Å². The van der Waals surface area contributed by atoms with E-state index in [1.807, 2.05) is 0 Å². The van der Waals surface area contributed by atoms with E-state index in [4.69, 9.17) is 5.11 Å². The quantitative estimate of drug-likeness (QED) is 0.859. The number of aryl methyl sites for hydroxylation is 1. The molecule has 5 nitrogen and oxygen atoms in total. The van der Waals surface area contributed by atoms with Gasteiger partial charge in [-0.1, -0.05) is 6.42 Å². The molecule has 1 aromatic heterocycles. The molecule has 102 valence electrons. The Kier molecular flexibility index (Phi) is 4.37. The maximum atomic E-state index is 12.5. The van der Waals surface area contributed by atoms with Crippen molar-refractivity contribution in [1.82, 2.24) is 9.29 Å². The topological polar surface area (TPSA) is 70.5 Å². The first-order chi connectivity index (χ1) is 8.55. The lowest BCUT2D eigenvalue weighted by Crippen LogP contribution is -2.44. The number of hydrogen-bond donors (Lipinski definition) is 1. The molecule has 0 amide bonds. The number of sulfonamides is 1. The molecule has 1 aliphatic rings. The van der Waals surface area contributed by atoms with Crippen LogP contribution < -0.4 is 0 Å². The molecule has 2 rings (SSSR count). The molecule has 1 N–H and O–H groups in total. The van der Waals surface area contributed by atoms with Crippen molar-refractivity contribution in [3.63, 3.8) is 0 Å². The molecule has 0 saturated heterocycles. The number of hydrogen-bond acceptors (Lipinski definition) is 5. The summed E-state index contributed by atoms with van der Waals surface area (Å²) in [5, 5.41) is 9.65. The number of aromatic nitrogens is 1. The van der Waals surface area contributed by atoms with Crippen molar-refractivity contribution in [3.8, 4) is 0 Å². The van der Waals surface area contributed by atoms with Gasteiger partial charge in [-0.3, -0.25) is 0 Å². The van der Waals surface area contributed by atoms with E-state index in [9.17, 15) is 8.42 Å². The second-order valence-corrected chi connectivity index (χ2v) is 7.83. The Bertz CT molecular complexity index is 494. The minimum absolute atomic E-state index is 0.0143. The summed E-state index contributed by atoms with van der Waals surface area (Å²) in [4.78, 5) is 4.01.